The van der Waals surface area contributed by atoms with Gasteiger partial charge in [0.15, 0.2) is 5.96 Å². The van der Waals surface area contributed by atoms with E-state index < -0.39 is 6.55 Å². The van der Waals surface area contributed by atoms with Crippen LogP contribution in [0.15, 0.2) is 41.7 Å². The second kappa shape index (κ2) is 9.74. The van der Waals surface area contributed by atoms with Gasteiger partial charge < -0.3 is 15.4 Å². The van der Waals surface area contributed by atoms with Crippen molar-refractivity contribution < 1.29 is 13.5 Å². The molecule has 0 saturated heterocycles. The molecule has 0 aliphatic carbocycles. The summed E-state index contributed by atoms with van der Waals surface area (Å²) in [4.78, 5) is 8.24. The molecule has 0 amide bonds. The molecule has 0 fully saturated rings. The van der Waals surface area contributed by atoms with Gasteiger partial charge in [-0.1, -0.05) is 18.2 Å². The van der Waals surface area contributed by atoms with Crippen molar-refractivity contribution in [3.63, 3.8) is 0 Å². The summed E-state index contributed by atoms with van der Waals surface area (Å²) < 4.78 is 32.4. The maximum atomic E-state index is 12.9. The molecule has 26 heavy (non-hydrogen) atoms. The van der Waals surface area contributed by atoms with Crippen LogP contribution in [-0.2, 0) is 6.54 Å². The van der Waals surface area contributed by atoms with Crippen LogP contribution in [0, 0.1) is 6.92 Å². The van der Waals surface area contributed by atoms with Crippen molar-refractivity contribution in [2.24, 2.45) is 4.99 Å². The number of halogens is 2. The maximum Gasteiger partial charge on any atom is 0.319 e. The first kappa shape index (κ1) is 19.7. The van der Waals surface area contributed by atoms with Gasteiger partial charge >= 0.3 is 6.55 Å². The van der Waals surface area contributed by atoms with E-state index in [1.807, 2.05) is 45.0 Å². The Morgan fingerprint density at radius 1 is 1.31 bits per heavy atom. The largest absolute Gasteiger partial charge is 0.489 e. The number of hydrogen-bond donors (Lipinski definition) is 2. The quantitative estimate of drug-likeness (QED) is 0.557. The Morgan fingerprint density at radius 2 is 2.08 bits per heavy atom. The minimum Gasteiger partial charge on any atom is -0.489 e. The van der Waals surface area contributed by atoms with E-state index in [1.165, 1.54) is 12.4 Å². The number of imidazole rings is 1. The van der Waals surface area contributed by atoms with E-state index in [1.54, 1.807) is 0 Å². The van der Waals surface area contributed by atoms with E-state index >= 15 is 0 Å². The van der Waals surface area contributed by atoms with Gasteiger partial charge in [0, 0.05) is 18.9 Å². The molecule has 142 valence electrons. The highest BCUT2D eigenvalue weighted by molar-refractivity contribution is 5.79. The van der Waals surface area contributed by atoms with Gasteiger partial charge in [-0.3, -0.25) is 4.57 Å². The number of aryl methyl sites for hydroxylation is 1. The summed E-state index contributed by atoms with van der Waals surface area (Å²) in [5.41, 5.74) is 1.07. The molecule has 1 heterocycles. The second-order valence-electron chi connectivity index (χ2n) is 5.80. The lowest BCUT2D eigenvalue weighted by molar-refractivity contribution is 0.0671. The van der Waals surface area contributed by atoms with Crippen molar-refractivity contribution in [3.8, 4) is 5.75 Å². The lowest BCUT2D eigenvalue weighted by atomic mass is 10.2. The molecule has 2 N–H and O–H groups in total. The molecule has 1 aromatic heterocycles. The van der Waals surface area contributed by atoms with Crippen LogP contribution in [0.2, 0.25) is 0 Å². The number of guanidine groups is 1. The third kappa shape index (κ3) is 5.72. The smallest absolute Gasteiger partial charge is 0.319 e. The Morgan fingerprint density at radius 3 is 2.77 bits per heavy atom. The van der Waals surface area contributed by atoms with Gasteiger partial charge in [-0.15, -0.1) is 0 Å². The number of nitrogens with zero attached hydrogens (tertiary/aromatic N) is 3. The molecule has 1 atom stereocenters. The zero-order chi connectivity index (χ0) is 18.9. The number of hydrogen-bond acceptors (Lipinski definition) is 3. The van der Waals surface area contributed by atoms with Crippen LogP contribution < -0.4 is 15.4 Å². The van der Waals surface area contributed by atoms with Crippen molar-refractivity contribution in [1.82, 2.24) is 20.2 Å². The topological polar surface area (TPSA) is 63.5 Å². The van der Waals surface area contributed by atoms with Gasteiger partial charge in [0.25, 0.3) is 0 Å². The van der Waals surface area contributed by atoms with E-state index in [-0.39, 0.29) is 18.5 Å². The number of aliphatic imine (C=N–C) groups is 1. The van der Waals surface area contributed by atoms with Gasteiger partial charge in [-0.2, -0.15) is 8.78 Å². The zero-order valence-electron chi connectivity index (χ0n) is 15.2. The van der Waals surface area contributed by atoms with Crippen molar-refractivity contribution in [2.45, 2.75) is 40.0 Å². The lowest BCUT2D eigenvalue weighted by Crippen LogP contribution is -2.41. The molecule has 1 aromatic carbocycles. The highest BCUT2D eigenvalue weighted by Crippen LogP contribution is 2.17. The van der Waals surface area contributed by atoms with Gasteiger partial charge in [0.1, 0.15) is 24.2 Å². The van der Waals surface area contributed by atoms with Crippen LogP contribution in [-0.4, -0.2) is 34.7 Å². The van der Waals surface area contributed by atoms with Crippen LogP contribution >= 0.6 is 0 Å². The standard InChI is InChI=1S/C18H25F2N5O/c1-4-21-18(24-12-16-22-9-10-25(16)17(19)20)23-11-14(3)26-15-8-6-5-7-13(15)2/h5-10,14,17H,4,11-12H2,1-3H3,(H2,21,23,24). The minimum atomic E-state index is -2.62. The summed E-state index contributed by atoms with van der Waals surface area (Å²) in [5, 5.41) is 6.24. The second-order valence-corrected chi connectivity index (χ2v) is 5.80. The fourth-order valence-corrected chi connectivity index (χ4v) is 2.32. The molecule has 0 bridgehead atoms. The number of nitrogens with one attached hydrogen (secondary N) is 2. The summed E-state index contributed by atoms with van der Waals surface area (Å²) in [6.45, 7) is 4.48. The normalized spacial score (nSPS) is 12.9. The predicted octanol–water partition coefficient (Wildman–Crippen LogP) is 3.11. The molecular weight excluding hydrogens is 340 g/mol. The highest BCUT2D eigenvalue weighted by atomic mass is 19.3. The van der Waals surface area contributed by atoms with Gasteiger partial charge in [-0.05, 0) is 32.4 Å². The molecule has 0 spiro atoms. The summed E-state index contributed by atoms with van der Waals surface area (Å²) in [5.74, 6) is 1.57. The molecule has 0 saturated carbocycles. The molecule has 1 unspecified atom stereocenters. The van der Waals surface area contributed by atoms with Crippen LogP contribution in [0.3, 0.4) is 0 Å². The lowest BCUT2D eigenvalue weighted by Gasteiger charge is -2.18. The van der Waals surface area contributed by atoms with E-state index in [2.05, 4.69) is 20.6 Å². The summed E-state index contributed by atoms with van der Waals surface area (Å²) in [7, 11) is 0. The van der Waals surface area contributed by atoms with Crippen LogP contribution in [0.5, 0.6) is 5.75 Å². The van der Waals surface area contributed by atoms with E-state index in [0.29, 0.717) is 19.0 Å². The summed E-state index contributed by atoms with van der Waals surface area (Å²) >= 11 is 0. The first-order chi connectivity index (χ1) is 12.5. The predicted molar refractivity (Wildman–Crippen MR) is 97.6 cm³/mol. The summed E-state index contributed by atoms with van der Waals surface area (Å²) in [6.07, 6.45) is 2.49. The fourth-order valence-electron chi connectivity index (χ4n) is 2.32. The van der Waals surface area contributed by atoms with E-state index in [4.69, 9.17) is 4.74 Å². The van der Waals surface area contributed by atoms with E-state index in [0.717, 1.165) is 15.9 Å². The Labute approximate surface area is 152 Å². The number of benzene rings is 1. The molecule has 2 aromatic rings. The Bertz CT molecular complexity index is 717. The average Bonchev–Trinajstić information content (AvgIpc) is 3.08. The number of alkyl halides is 2. The molecule has 0 aliphatic heterocycles. The zero-order valence-corrected chi connectivity index (χ0v) is 15.2. The van der Waals surface area contributed by atoms with Gasteiger partial charge in [-0.25, -0.2) is 9.98 Å². The van der Waals surface area contributed by atoms with Crippen LogP contribution in [0.25, 0.3) is 0 Å². The molecule has 8 heteroatoms. The van der Waals surface area contributed by atoms with Crippen molar-refractivity contribution >= 4 is 5.96 Å². The minimum absolute atomic E-state index is 0.0553. The molecule has 0 radical (unpaired) electrons. The molecule has 0 aliphatic rings. The average molecular weight is 365 g/mol. The third-order valence-corrected chi connectivity index (χ3v) is 3.66. The van der Waals surface area contributed by atoms with Crippen LogP contribution in [0.4, 0.5) is 8.78 Å². The monoisotopic (exact) mass is 365 g/mol. The van der Waals surface area contributed by atoms with Crippen molar-refractivity contribution in [1.29, 1.82) is 0 Å². The number of ether oxygens (including phenoxy) is 1. The van der Waals surface area contributed by atoms with Gasteiger partial charge in [0.05, 0.1) is 6.54 Å². The third-order valence-electron chi connectivity index (χ3n) is 3.66. The fraction of sp³-hybridized carbons (Fsp3) is 0.444. The molecule has 2 rings (SSSR count). The van der Waals surface area contributed by atoms with Crippen molar-refractivity contribution in [2.75, 3.05) is 13.1 Å². The number of aromatic nitrogens is 2. The Hall–Kier alpha value is -2.64. The molecule has 6 nitrogen and oxygen atoms in total. The molecular formula is C18H25F2N5O. The SMILES string of the molecule is CCNC(=NCc1nccn1C(F)F)NCC(C)Oc1ccccc1C. The first-order valence-electron chi connectivity index (χ1n) is 8.55. The Balaban J connectivity index is 1.92. The highest BCUT2D eigenvalue weighted by Gasteiger charge is 2.11. The van der Waals surface area contributed by atoms with E-state index in [9.17, 15) is 8.78 Å². The maximum absolute atomic E-state index is 12.9. The number of rotatable bonds is 8. The number of para-hydroxylation sites is 1. The first-order valence-corrected chi connectivity index (χ1v) is 8.55. The van der Waals surface area contributed by atoms with Gasteiger partial charge in [0.2, 0.25) is 0 Å². The van der Waals surface area contributed by atoms with Crippen molar-refractivity contribution in [3.05, 3.63) is 48.0 Å². The Kier molecular flexibility index (Phi) is 7.37. The van der Waals surface area contributed by atoms with Crippen LogP contribution in [0.1, 0.15) is 31.8 Å². The summed E-state index contributed by atoms with van der Waals surface area (Å²) in [6, 6.07) is 7.81.